The lowest BCUT2D eigenvalue weighted by Crippen LogP contribution is -2.40. The van der Waals surface area contributed by atoms with Crippen LogP contribution in [0.5, 0.6) is 0 Å². The average molecular weight is 310 g/mol. The summed E-state index contributed by atoms with van der Waals surface area (Å²) in [5.74, 6) is 0.598. The van der Waals surface area contributed by atoms with Crippen molar-refractivity contribution in [2.75, 3.05) is 26.2 Å². The molecule has 118 valence electrons. The second-order valence-corrected chi connectivity index (χ2v) is 7.81. The molecule has 1 aromatic carbocycles. The maximum Gasteiger partial charge on any atom is 0.243 e. The number of piperidine rings is 1. The van der Waals surface area contributed by atoms with E-state index in [1.54, 1.807) is 16.4 Å². The molecule has 0 bridgehead atoms. The third-order valence-corrected chi connectivity index (χ3v) is 5.96. The fraction of sp³-hybridized carbons (Fsp3) is 0.625. The molecule has 0 radical (unpaired) electrons. The van der Waals surface area contributed by atoms with Crippen molar-refractivity contribution in [3.63, 3.8) is 0 Å². The molecule has 1 heterocycles. The number of benzene rings is 1. The molecule has 1 N–H and O–H groups in total. The number of sulfonamides is 1. The van der Waals surface area contributed by atoms with Gasteiger partial charge in [-0.05, 0) is 62.9 Å². The van der Waals surface area contributed by atoms with Gasteiger partial charge in [-0.15, -0.1) is 0 Å². The van der Waals surface area contributed by atoms with Crippen LogP contribution in [0.25, 0.3) is 0 Å². The van der Waals surface area contributed by atoms with E-state index in [1.165, 1.54) is 0 Å². The Kier molecular flexibility index (Phi) is 5.79. The zero-order valence-corrected chi connectivity index (χ0v) is 13.8. The van der Waals surface area contributed by atoms with Crippen LogP contribution in [0.3, 0.4) is 0 Å². The van der Waals surface area contributed by atoms with E-state index in [4.69, 9.17) is 0 Å². The first-order valence-electron chi connectivity index (χ1n) is 7.81. The van der Waals surface area contributed by atoms with Gasteiger partial charge in [0.1, 0.15) is 0 Å². The Bertz CT molecular complexity index is 549. The molecule has 4 nitrogen and oxygen atoms in total. The summed E-state index contributed by atoms with van der Waals surface area (Å²) in [7, 11) is -3.32. The molecule has 1 aliphatic heterocycles. The molecule has 0 atom stereocenters. The van der Waals surface area contributed by atoms with E-state index in [0.717, 1.165) is 37.9 Å². The second kappa shape index (κ2) is 7.38. The van der Waals surface area contributed by atoms with Crippen LogP contribution in [0.15, 0.2) is 29.2 Å². The Balaban J connectivity index is 1.95. The first kappa shape index (κ1) is 16.5. The summed E-state index contributed by atoms with van der Waals surface area (Å²) in [6.07, 6.45) is 3.03. The average Bonchev–Trinajstić information content (AvgIpc) is 2.48. The van der Waals surface area contributed by atoms with Crippen molar-refractivity contribution in [2.24, 2.45) is 5.92 Å². The Morgan fingerprint density at radius 1 is 1.29 bits per heavy atom. The highest BCUT2D eigenvalue weighted by molar-refractivity contribution is 7.89. The summed E-state index contributed by atoms with van der Waals surface area (Å²) in [4.78, 5) is 0.421. The van der Waals surface area contributed by atoms with E-state index >= 15 is 0 Å². The molecular weight excluding hydrogens is 284 g/mol. The van der Waals surface area contributed by atoms with E-state index in [-0.39, 0.29) is 0 Å². The fourth-order valence-corrected chi connectivity index (χ4v) is 4.34. The summed E-state index contributed by atoms with van der Waals surface area (Å²) >= 11 is 0. The lowest BCUT2D eigenvalue weighted by Gasteiger charge is -2.31. The number of aryl methyl sites for hydroxylation is 1. The topological polar surface area (TPSA) is 49.4 Å². The molecule has 0 unspecified atom stereocenters. The van der Waals surface area contributed by atoms with Crippen molar-refractivity contribution in [3.05, 3.63) is 29.8 Å². The maximum atomic E-state index is 12.6. The van der Waals surface area contributed by atoms with Crippen LogP contribution in [0.2, 0.25) is 0 Å². The lowest BCUT2D eigenvalue weighted by molar-refractivity contribution is 0.267. The fourth-order valence-electron chi connectivity index (χ4n) is 2.76. The summed E-state index contributed by atoms with van der Waals surface area (Å²) in [5.41, 5.74) is 0.981. The molecule has 0 aliphatic carbocycles. The van der Waals surface area contributed by atoms with Gasteiger partial charge in [0.25, 0.3) is 0 Å². The molecule has 1 aromatic rings. The number of hydrogen-bond acceptors (Lipinski definition) is 3. The highest BCUT2D eigenvalue weighted by atomic mass is 32.2. The SMILES string of the molecule is CCCNCC1CCN(S(=O)(=O)c2cccc(C)c2)CC1. The smallest absolute Gasteiger partial charge is 0.243 e. The third-order valence-electron chi connectivity index (χ3n) is 4.06. The van der Waals surface area contributed by atoms with Crippen molar-refractivity contribution < 1.29 is 8.42 Å². The summed E-state index contributed by atoms with van der Waals surface area (Å²) in [6, 6.07) is 7.18. The molecule has 5 heteroatoms. The van der Waals surface area contributed by atoms with Gasteiger partial charge in [-0.3, -0.25) is 0 Å². The van der Waals surface area contributed by atoms with Crippen molar-refractivity contribution >= 4 is 10.0 Å². The molecule has 2 rings (SSSR count). The molecule has 0 saturated carbocycles. The van der Waals surface area contributed by atoms with Crippen LogP contribution in [0.1, 0.15) is 31.7 Å². The predicted molar refractivity (Wildman–Crippen MR) is 85.8 cm³/mol. The van der Waals surface area contributed by atoms with Gasteiger partial charge in [-0.25, -0.2) is 8.42 Å². The molecule has 0 spiro atoms. The molecule has 0 aromatic heterocycles. The van der Waals surface area contributed by atoms with Gasteiger partial charge in [-0.2, -0.15) is 4.31 Å². The van der Waals surface area contributed by atoms with Crippen molar-refractivity contribution in [1.82, 2.24) is 9.62 Å². The molecule has 1 fully saturated rings. The molecule has 1 aliphatic rings. The zero-order chi connectivity index (χ0) is 15.3. The molecular formula is C16H26N2O2S. The highest BCUT2D eigenvalue weighted by Crippen LogP contribution is 2.23. The van der Waals surface area contributed by atoms with Gasteiger partial charge in [-0.1, -0.05) is 19.1 Å². The van der Waals surface area contributed by atoms with Crippen molar-refractivity contribution in [1.29, 1.82) is 0 Å². The van der Waals surface area contributed by atoms with Gasteiger partial charge >= 0.3 is 0 Å². The third kappa shape index (κ3) is 4.28. The van der Waals surface area contributed by atoms with Gasteiger partial charge in [0, 0.05) is 13.1 Å². The van der Waals surface area contributed by atoms with Gasteiger partial charge < -0.3 is 5.32 Å². The molecule has 21 heavy (non-hydrogen) atoms. The standard InChI is InChI=1S/C16H26N2O2S/c1-3-9-17-13-15-7-10-18(11-8-15)21(19,20)16-6-4-5-14(2)12-16/h4-6,12,15,17H,3,7-11,13H2,1-2H3. The van der Waals surface area contributed by atoms with E-state index < -0.39 is 10.0 Å². The van der Waals surface area contributed by atoms with Crippen LogP contribution < -0.4 is 5.32 Å². The van der Waals surface area contributed by atoms with Crippen LogP contribution in [0.4, 0.5) is 0 Å². The van der Waals surface area contributed by atoms with Crippen molar-refractivity contribution in [2.45, 2.75) is 38.0 Å². The first-order chi connectivity index (χ1) is 10.0. The Morgan fingerprint density at radius 3 is 2.62 bits per heavy atom. The normalized spacial score (nSPS) is 18.0. The number of hydrogen-bond donors (Lipinski definition) is 1. The van der Waals surface area contributed by atoms with Gasteiger partial charge in [0.15, 0.2) is 0 Å². The Hall–Kier alpha value is -0.910. The van der Waals surface area contributed by atoms with Crippen molar-refractivity contribution in [3.8, 4) is 0 Å². The Morgan fingerprint density at radius 2 is 2.00 bits per heavy atom. The van der Waals surface area contributed by atoms with E-state index in [2.05, 4.69) is 12.2 Å². The monoisotopic (exact) mass is 310 g/mol. The van der Waals surface area contributed by atoms with Crippen LogP contribution in [-0.4, -0.2) is 38.9 Å². The number of nitrogens with one attached hydrogen (secondary N) is 1. The predicted octanol–water partition coefficient (Wildman–Crippen LogP) is 2.40. The minimum atomic E-state index is -3.32. The lowest BCUT2D eigenvalue weighted by atomic mass is 9.98. The second-order valence-electron chi connectivity index (χ2n) is 5.87. The van der Waals surface area contributed by atoms with Crippen LogP contribution >= 0.6 is 0 Å². The molecule has 1 saturated heterocycles. The Labute approximate surface area is 128 Å². The number of nitrogens with zero attached hydrogens (tertiary/aromatic N) is 1. The quantitative estimate of drug-likeness (QED) is 0.821. The minimum Gasteiger partial charge on any atom is -0.316 e. The zero-order valence-electron chi connectivity index (χ0n) is 13.0. The van der Waals surface area contributed by atoms with Gasteiger partial charge in [0.2, 0.25) is 10.0 Å². The summed E-state index contributed by atoms with van der Waals surface area (Å²) in [6.45, 7) is 7.39. The van der Waals surface area contributed by atoms with E-state index in [0.29, 0.717) is 23.9 Å². The number of rotatable bonds is 6. The first-order valence-corrected chi connectivity index (χ1v) is 9.25. The van der Waals surface area contributed by atoms with Crippen LogP contribution in [-0.2, 0) is 10.0 Å². The summed E-state index contributed by atoms with van der Waals surface area (Å²) < 4.78 is 26.9. The van der Waals surface area contributed by atoms with E-state index in [1.807, 2.05) is 19.1 Å². The summed E-state index contributed by atoms with van der Waals surface area (Å²) in [5, 5.41) is 3.43. The van der Waals surface area contributed by atoms with Crippen LogP contribution in [0, 0.1) is 12.8 Å². The largest absolute Gasteiger partial charge is 0.316 e. The highest BCUT2D eigenvalue weighted by Gasteiger charge is 2.29. The minimum absolute atomic E-state index is 0.421. The van der Waals surface area contributed by atoms with Gasteiger partial charge in [0.05, 0.1) is 4.90 Å². The maximum absolute atomic E-state index is 12.6. The van der Waals surface area contributed by atoms with E-state index in [9.17, 15) is 8.42 Å². The molecule has 0 amide bonds.